The van der Waals surface area contributed by atoms with Crippen molar-refractivity contribution in [1.82, 2.24) is 10.6 Å². The van der Waals surface area contributed by atoms with Crippen molar-refractivity contribution in [3.05, 3.63) is 40.6 Å². The molecule has 0 radical (unpaired) electrons. The Kier molecular flexibility index (Phi) is 8.51. The number of nitrogens with two attached hydrogens (primary N) is 1. The number of hydrogen-bond acceptors (Lipinski definition) is 6. The van der Waals surface area contributed by atoms with Gasteiger partial charge >= 0.3 is 12.2 Å². The standard InChI is InChI=1S/C23H28F3N5O3.C2H6.2H2/c1-12-8-17(30-7-6-20(32)29-22(30)33)4-5-19(12)31-11-18(13(31)2)28-21(27)34-14(3)15-9-16(10-15)23(24,25)26;1-2;;/h4-5,8,13-14,18,21,28H,6-7,9,11,27H2,1-3H3,(H,29,32,33);1-2H3;2*1H/t13-,14?,18+,21?;;;/m1.../s1. The number of rotatable bonds is 7. The molecule has 4 rings (SSSR count). The fourth-order valence-electron chi connectivity index (χ4n) is 4.39. The van der Waals surface area contributed by atoms with Gasteiger partial charge in [0.2, 0.25) is 5.91 Å². The summed E-state index contributed by atoms with van der Waals surface area (Å²) in [4.78, 5) is 27.2. The van der Waals surface area contributed by atoms with Gasteiger partial charge in [-0.3, -0.25) is 26.1 Å². The Morgan fingerprint density at radius 3 is 2.53 bits per heavy atom. The SMILES string of the molecule is CC.Cc1cc(N2CCC(=O)NC2=O)ccc1N1C[C@H](NC(N)OC(C)C2=C=C(C(F)(F)F)C2)[C@H]1C.[HH].[HH]. The van der Waals surface area contributed by atoms with Crippen LogP contribution in [0.4, 0.5) is 29.3 Å². The molecule has 0 saturated carbocycles. The third-order valence-corrected chi connectivity index (χ3v) is 6.56. The molecule has 2 saturated heterocycles. The second-order valence-corrected chi connectivity index (χ2v) is 8.89. The van der Waals surface area contributed by atoms with E-state index in [1.165, 1.54) is 0 Å². The maximum atomic E-state index is 12.6. The number of alkyl halides is 3. The Morgan fingerprint density at radius 1 is 1.31 bits per heavy atom. The lowest BCUT2D eigenvalue weighted by molar-refractivity contribution is -0.120. The summed E-state index contributed by atoms with van der Waals surface area (Å²) in [7, 11) is 0. The van der Waals surface area contributed by atoms with Crippen molar-refractivity contribution in [2.24, 2.45) is 5.73 Å². The lowest BCUT2D eigenvalue weighted by Crippen LogP contribution is -2.68. The maximum Gasteiger partial charge on any atom is 0.420 e. The van der Waals surface area contributed by atoms with E-state index in [1.807, 2.05) is 45.9 Å². The highest BCUT2D eigenvalue weighted by molar-refractivity contribution is 6.05. The number of ether oxygens (including phenoxy) is 1. The number of anilines is 2. The summed E-state index contributed by atoms with van der Waals surface area (Å²) in [5.74, 6) is -0.272. The Bertz CT molecular complexity index is 1080. The van der Waals surface area contributed by atoms with Gasteiger partial charge in [-0.15, -0.1) is 5.73 Å². The summed E-state index contributed by atoms with van der Waals surface area (Å²) in [6.45, 7) is 10.7. The third-order valence-electron chi connectivity index (χ3n) is 6.56. The molecule has 0 bridgehead atoms. The smallest absolute Gasteiger partial charge is 0.365 e. The number of hydrogen-bond donors (Lipinski definition) is 3. The van der Waals surface area contributed by atoms with Crippen LogP contribution >= 0.6 is 0 Å². The maximum absolute atomic E-state index is 12.6. The molecule has 2 fully saturated rings. The van der Waals surface area contributed by atoms with Crippen molar-refractivity contribution in [3.8, 4) is 0 Å². The molecule has 1 aromatic carbocycles. The van der Waals surface area contributed by atoms with Crippen LogP contribution in [0.25, 0.3) is 0 Å². The van der Waals surface area contributed by atoms with Gasteiger partial charge in [0.15, 0.2) is 6.35 Å². The average Bonchev–Trinajstić information content (AvgIpc) is 2.76. The van der Waals surface area contributed by atoms with E-state index < -0.39 is 30.2 Å². The number of urea groups is 1. The van der Waals surface area contributed by atoms with Crippen LogP contribution in [0.1, 0.15) is 49.0 Å². The van der Waals surface area contributed by atoms with Crippen LogP contribution in [-0.2, 0) is 9.53 Å². The second kappa shape index (κ2) is 11.0. The number of carbonyl (C=O) groups is 2. The molecule has 2 heterocycles. The molecular weight excluding hydrogens is 475 g/mol. The highest BCUT2D eigenvalue weighted by Crippen LogP contribution is 2.37. The van der Waals surface area contributed by atoms with E-state index in [0.29, 0.717) is 18.7 Å². The number of amides is 3. The van der Waals surface area contributed by atoms with Crippen LogP contribution in [0, 0.1) is 6.92 Å². The Morgan fingerprint density at radius 2 is 1.97 bits per heavy atom. The van der Waals surface area contributed by atoms with Crippen LogP contribution in [0.2, 0.25) is 0 Å². The van der Waals surface area contributed by atoms with Gasteiger partial charge in [0.05, 0.1) is 11.7 Å². The van der Waals surface area contributed by atoms with Crippen LogP contribution in [0.5, 0.6) is 0 Å². The topological polar surface area (TPSA) is 99.9 Å². The number of imide groups is 1. The van der Waals surface area contributed by atoms with E-state index in [9.17, 15) is 22.8 Å². The number of aryl methyl sites for hydroxylation is 1. The zero-order valence-corrected chi connectivity index (χ0v) is 21.2. The van der Waals surface area contributed by atoms with E-state index in [0.717, 1.165) is 16.9 Å². The molecule has 0 spiro atoms. The van der Waals surface area contributed by atoms with E-state index in [2.05, 4.69) is 21.3 Å². The molecule has 2 unspecified atom stereocenters. The number of halogens is 3. The first-order valence-electron chi connectivity index (χ1n) is 12.2. The molecule has 8 nitrogen and oxygen atoms in total. The molecule has 0 aromatic heterocycles. The summed E-state index contributed by atoms with van der Waals surface area (Å²) < 4.78 is 43.4. The first-order chi connectivity index (χ1) is 16.9. The number of nitrogens with zero attached hydrogens (tertiary/aromatic N) is 2. The minimum atomic E-state index is -4.34. The highest BCUT2D eigenvalue weighted by atomic mass is 19.4. The van der Waals surface area contributed by atoms with Crippen molar-refractivity contribution < 1.29 is 30.4 Å². The third kappa shape index (κ3) is 5.92. The summed E-state index contributed by atoms with van der Waals surface area (Å²) in [6, 6.07) is 5.45. The highest BCUT2D eigenvalue weighted by Gasteiger charge is 2.40. The van der Waals surface area contributed by atoms with Crippen LogP contribution in [0.3, 0.4) is 0 Å². The molecule has 4 atom stereocenters. The lowest BCUT2D eigenvalue weighted by Gasteiger charge is -2.49. The van der Waals surface area contributed by atoms with E-state index in [-0.39, 0.29) is 33.7 Å². The normalized spacial score (nSPS) is 23.4. The van der Waals surface area contributed by atoms with Gasteiger partial charge in [0.1, 0.15) is 0 Å². The fraction of sp³-hybridized carbons (Fsp3) is 0.560. The van der Waals surface area contributed by atoms with Crippen molar-refractivity contribution >= 4 is 23.3 Å². The minimum Gasteiger partial charge on any atom is -0.365 e. The molecule has 2 aliphatic heterocycles. The van der Waals surface area contributed by atoms with Gasteiger partial charge in [-0.2, -0.15) is 13.2 Å². The van der Waals surface area contributed by atoms with Crippen LogP contribution in [0.15, 0.2) is 35.1 Å². The molecule has 4 N–H and O–H groups in total. The minimum absolute atomic E-state index is 0. The predicted molar refractivity (Wildman–Crippen MR) is 136 cm³/mol. The van der Waals surface area contributed by atoms with Gasteiger partial charge in [0.25, 0.3) is 0 Å². The summed E-state index contributed by atoms with van der Waals surface area (Å²) in [6.07, 6.45) is -5.64. The Labute approximate surface area is 212 Å². The van der Waals surface area contributed by atoms with Gasteiger partial charge in [0, 0.05) is 57.8 Å². The van der Waals surface area contributed by atoms with Crippen LogP contribution < -0.4 is 26.2 Å². The van der Waals surface area contributed by atoms with E-state index in [4.69, 9.17) is 10.5 Å². The van der Waals surface area contributed by atoms with Gasteiger partial charge in [-0.1, -0.05) is 13.8 Å². The second-order valence-electron chi connectivity index (χ2n) is 8.89. The molecule has 3 aliphatic rings. The van der Waals surface area contributed by atoms with Gasteiger partial charge in [-0.05, 0) is 44.5 Å². The number of carbonyl (C=O) groups excluding carboxylic acids is 2. The fourth-order valence-corrected chi connectivity index (χ4v) is 4.39. The predicted octanol–water partition coefficient (Wildman–Crippen LogP) is 4.19. The van der Waals surface area contributed by atoms with Crippen molar-refractivity contribution in [3.63, 3.8) is 0 Å². The molecular formula is C25H38F3N5O3. The van der Waals surface area contributed by atoms with Gasteiger partial charge < -0.3 is 9.64 Å². The first-order valence-corrected chi connectivity index (χ1v) is 12.2. The van der Waals surface area contributed by atoms with Crippen LogP contribution in [-0.4, -0.2) is 55.7 Å². The number of benzene rings is 1. The monoisotopic (exact) mass is 513 g/mol. The molecule has 1 aromatic rings. The van der Waals surface area contributed by atoms with Crippen molar-refractivity contribution in [2.75, 3.05) is 22.9 Å². The Hall–Kier alpha value is -2.85. The summed E-state index contributed by atoms with van der Waals surface area (Å²) >= 11 is 0. The zero-order chi connectivity index (χ0) is 26.8. The summed E-state index contributed by atoms with van der Waals surface area (Å²) in [5, 5.41) is 5.51. The first kappa shape index (κ1) is 27.7. The average molecular weight is 514 g/mol. The molecule has 11 heteroatoms. The van der Waals surface area contributed by atoms with Crippen molar-refractivity contribution in [2.45, 2.75) is 78.2 Å². The quantitative estimate of drug-likeness (QED) is 0.374. The van der Waals surface area contributed by atoms with Crippen molar-refractivity contribution in [1.29, 1.82) is 0 Å². The molecule has 3 amide bonds. The van der Waals surface area contributed by atoms with Gasteiger partial charge in [-0.25, -0.2) is 4.79 Å². The molecule has 202 valence electrons. The zero-order valence-electron chi connectivity index (χ0n) is 21.2. The lowest BCUT2D eigenvalue weighted by atomic mass is 9.93. The van der Waals surface area contributed by atoms with E-state index >= 15 is 0 Å². The van der Waals surface area contributed by atoms with E-state index in [1.54, 1.807) is 11.8 Å². The summed E-state index contributed by atoms with van der Waals surface area (Å²) in [5.41, 5.74) is 10.9. The number of nitrogens with one attached hydrogen (secondary N) is 2. The molecule has 1 aliphatic carbocycles. The Balaban J connectivity index is 0.00000176. The largest absolute Gasteiger partial charge is 0.420 e. The molecule has 36 heavy (non-hydrogen) atoms.